The summed E-state index contributed by atoms with van der Waals surface area (Å²) in [5, 5.41) is 0.607. The second-order valence-corrected chi connectivity index (χ2v) is 4.62. The monoisotopic (exact) mass is 278 g/mol. The molecule has 4 heteroatoms. The summed E-state index contributed by atoms with van der Waals surface area (Å²) in [7, 11) is 0. The molecule has 0 N–H and O–H groups in total. The van der Waals surface area contributed by atoms with Gasteiger partial charge in [0.2, 0.25) is 0 Å². The van der Waals surface area contributed by atoms with Crippen molar-refractivity contribution in [1.29, 1.82) is 0 Å². The van der Waals surface area contributed by atoms with Crippen molar-refractivity contribution in [2.24, 2.45) is 0 Å². The maximum atomic E-state index is 13.7. The highest BCUT2D eigenvalue weighted by Crippen LogP contribution is 2.25. The van der Waals surface area contributed by atoms with Crippen LogP contribution in [-0.2, 0) is 11.2 Å². The minimum atomic E-state index is -0.443. The number of carbonyl (C=O) groups excluding carboxylic acids is 1. The fourth-order valence-electron chi connectivity index (χ4n) is 1.64. The highest BCUT2D eigenvalue weighted by Gasteiger charge is 2.07. The molecule has 0 bridgehead atoms. The second-order valence-electron chi connectivity index (χ2n) is 4.19. The molecular formula is C15H12ClFO2. The van der Waals surface area contributed by atoms with E-state index in [4.69, 9.17) is 16.3 Å². The molecule has 0 heterocycles. The van der Waals surface area contributed by atoms with E-state index in [1.165, 1.54) is 13.0 Å². The topological polar surface area (TPSA) is 26.3 Å². The molecule has 0 aliphatic heterocycles. The fourth-order valence-corrected chi connectivity index (χ4v) is 1.77. The van der Waals surface area contributed by atoms with Crippen molar-refractivity contribution in [1.82, 2.24) is 0 Å². The van der Waals surface area contributed by atoms with Gasteiger partial charge in [0, 0.05) is 17.5 Å². The van der Waals surface area contributed by atoms with Crippen LogP contribution in [0.1, 0.15) is 12.5 Å². The number of hydrogen-bond donors (Lipinski definition) is 0. The molecule has 0 aliphatic carbocycles. The lowest BCUT2D eigenvalue weighted by Gasteiger charge is -2.07. The van der Waals surface area contributed by atoms with E-state index in [9.17, 15) is 9.18 Å². The van der Waals surface area contributed by atoms with Crippen molar-refractivity contribution in [3.63, 3.8) is 0 Å². The minimum Gasteiger partial charge on any atom is -0.457 e. The Kier molecular flexibility index (Phi) is 4.17. The number of rotatable bonds is 4. The number of carbonyl (C=O) groups is 1. The Hall–Kier alpha value is -1.87. The van der Waals surface area contributed by atoms with Crippen LogP contribution in [0.2, 0.25) is 5.02 Å². The van der Waals surface area contributed by atoms with Gasteiger partial charge in [-0.05, 0) is 42.8 Å². The van der Waals surface area contributed by atoms with Gasteiger partial charge in [-0.15, -0.1) is 0 Å². The summed E-state index contributed by atoms with van der Waals surface area (Å²) >= 11 is 5.76. The van der Waals surface area contributed by atoms with Crippen LogP contribution in [0, 0.1) is 5.82 Å². The van der Waals surface area contributed by atoms with Crippen molar-refractivity contribution >= 4 is 17.4 Å². The first-order valence-corrected chi connectivity index (χ1v) is 6.13. The maximum absolute atomic E-state index is 13.7. The van der Waals surface area contributed by atoms with Crippen LogP contribution < -0.4 is 4.74 Å². The van der Waals surface area contributed by atoms with Gasteiger partial charge in [-0.3, -0.25) is 4.79 Å². The molecular weight excluding hydrogens is 267 g/mol. The highest BCUT2D eigenvalue weighted by molar-refractivity contribution is 6.30. The van der Waals surface area contributed by atoms with E-state index in [0.717, 1.165) is 0 Å². The number of benzene rings is 2. The average molecular weight is 279 g/mol. The Balaban J connectivity index is 2.15. The number of halogens is 2. The second kappa shape index (κ2) is 5.85. The first kappa shape index (κ1) is 13.6. The molecule has 0 fully saturated rings. The lowest BCUT2D eigenvalue weighted by Crippen LogP contribution is -1.99. The van der Waals surface area contributed by atoms with E-state index in [0.29, 0.717) is 22.1 Å². The molecule has 2 nitrogen and oxygen atoms in total. The Morgan fingerprint density at radius 2 is 1.79 bits per heavy atom. The molecule has 0 aromatic heterocycles. The van der Waals surface area contributed by atoms with Crippen LogP contribution in [0.25, 0.3) is 0 Å². The molecule has 0 atom stereocenters. The first-order chi connectivity index (χ1) is 9.04. The van der Waals surface area contributed by atoms with E-state index in [1.54, 1.807) is 36.4 Å². The lowest BCUT2D eigenvalue weighted by atomic mass is 10.1. The summed E-state index contributed by atoms with van der Waals surface area (Å²) in [6, 6.07) is 11.2. The van der Waals surface area contributed by atoms with Crippen LogP contribution in [-0.4, -0.2) is 5.78 Å². The molecule has 0 radical (unpaired) electrons. The third-order valence-electron chi connectivity index (χ3n) is 2.51. The zero-order chi connectivity index (χ0) is 13.8. The van der Waals surface area contributed by atoms with Gasteiger partial charge in [0.15, 0.2) is 0 Å². The third kappa shape index (κ3) is 3.80. The van der Waals surface area contributed by atoms with Crippen molar-refractivity contribution in [3.05, 3.63) is 58.9 Å². The molecule has 0 unspecified atom stereocenters. The average Bonchev–Trinajstić information content (AvgIpc) is 2.35. The number of hydrogen-bond acceptors (Lipinski definition) is 2. The zero-order valence-electron chi connectivity index (χ0n) is 10.3. The van der Waals surface area contributed by atoms with Crippen LogP contribution >= 0.6 is 11.6 Å². The smallest absolute Gasteiger partial charge is 0.134 e. The van der Waals surface area contributed by atoms with Crippen LogP contribution in [0.15, 0.2) is 42.5 Å². The molecule has 19 heavy (non-hydrogen) atoms. The summed E-state index contributed by atoms with van der Waals surface area (Å²) < 4.78 is 19.2. The van der Waals surface area contributed by atoms with Gasteiger partial charge in [0.25, 0.3) is 0 Å². The molecule has 0 spiro atoms. The summed E-state index contributed by atoms with van der Waals surface area (Å²) in [6.07, 6.45) is 0.0903. The quantitative estimate of drug-likeness (QED) is 0.828. The predicted molar refractivity (Wildman–Crippen MR) is 72.3 cm³/mol. The van der Waals surface area contributed by atoms with Gasteiger partial charge in [-0.2, -0.15) is 0 Å². The van der Waals surface area contributed by atoms with E-state index in [-0.39, 0.29) is 12.2 Å². The van der Waals surface area contributed by atoms with E-state index in [1.807, 2.05) is 0 Å². The molecule has 2 aromatic rings. The normalized spacial score (nSPS) is 10.3. The zero-order valence-corrected chi connectivity index (χ0v) is 11.1. The fraction of sp³-hybridized carbons (Fsp3) is 0.133. The SMILES string of the molecule is CC(=O)Cc1ccc(Oc2ccc(Cl)cc2)cc1F. The van der Waals surface area contributed by atoms with Gasteiger partial charge in [0.1, 0.15) is 23.1 Å². The summed E-state index contributed by atoms with van der Waals surface area (Å²) in [5.41, 5.74) is 0.371. The number of ether oxygens (including phenoxy) is 1. The molecule has 98 valence electrons. The van der Waals surface area contributed by atoms with E-state index >= 15 is 0 Å². The molecule has 2 rings (SSSR count). The van der Waals surface area contributed by atoms with Crippen molar-refractivity contribution in [2.75, 3.05) is 0 Å². The van der Waals surface area contributed by atoms with E-state index in [2.05, 4.69) is 0 Å². The highest BCUT2D eigenvalue weighted by atomic mass is 35.5. The van der Waals surface area contributed by atoms with Gasteiger partial charge in [-0.1, -0.05) is 17.7 Å². The Morgan fingerprint density at radius 3 is 2.37 bits per heavy atom. The van der Waals surface area contributed by atoms with Crippen molar-refractivity contribution in [3.8, 4) is 11.5 Å². The van der Waals surface area contributed by atoms with Gasteiger partial charge in [-0.25, -0.2) is 4.39 Å². The molecule has 0 saturated heterocycles. The summed E-state index contributed by atoms with van der Waals surface area (Å²) in [6.45, 7) is 1.43. The van der Waals surface area contributed by atoms with Crippen molar-refractivity contribution < 1.29 is 13.9 Å². The lowest BCUT2D eigenvalue weighted by molar-refractivity contribution is -0.116. The van der Waals surface area contributed by atoms with Crippen molar-refractivity contribution in [2.45, 2.75) is 13.3 Å². The Bertz CT molecular complexity index is 594. The summed E-state index contributed by atoms with van der Waals surface area (Å²) in [5.74, 6) is 0.433. The molecule has 0 saturated carbocycles. The van der Waals surface area contributed by atoms with E-state index < -0.39 is 5.82 Å². The predicted octanol–water partition coefficient (Wildman–Crippen LogP) is 4.40. The molecule has 2 aromatic carbocycles. The minimum absolute atomic E-state index is 0.0785. The summed E-state index contributed by atoms with van der Waals surface area (Å²) in [4.78, 5) is 11.0. The first-order valence-electron chi connectivity index (χ1n) is 5.76. The Morgan fingerprint density at radius 1 is 1.16 bits per heavy atom. The maximum Gasteiger partial charge on any atom is 0.134 e. The Labute approximate surface area is 115 Å². The molecule has 0 aliphatic rings. The largest absolute Gasteiger partial charge is 0.457 e. The van der Waals surface area contributed by atoms with Gasteiger partial charge >= 0.3 is 0 Å². The van der Waals surface area contributed by atoms with Crippen LogP contribution in [0.5, 0.6) is 11.5 Å². The third-order valence-corrected chi connectivity index (χ3v) is 2.77. The standard InChI is InChI=1S/C15H12ClFO2/c1-10(18)8-11-2-5-14(9-15(11)17)19-13-6-3-12(16)4-7-13/h2-7,9H,8H2,1H3. The number of Topliss-reactive ketones (excluding diaryl/α,β-unsaturated/α-hetero) is 1. The number of ketones is 1. The van der Waals surface area contributed by atoms with Gasteiger partial charge < -0.3 is 4.74 Å². The van der Waals surface area contributed by atoms with Gasteiger partial charge in [0.05, 0.1) is 0 Å². The van der Waals surface area contributed by atoms with Crippen LogP contribution in [0.4, 0.5) is 4.39 Å². The molecule has 0 amide bonds. The van der Waals surface area contributed by atoms with Crippen LogP contribution in [0.3, 0.4) is 0 Å².